The summed E-state index contributed by atoms with van der Waals surface area (Å²) in [7, 11) is 0. The van der Waals surface area contributed by atoms with E-state index in [1.54, 1.807) is 30.3 Å². The first-order valence-electron chi connectivity index (χ1n) is 5.98. The summed E-state index contributed by atoms with van der Waals surface area (Å²) in [6.07, 6.45) is -4.58. The molecule has 0 aliphatic carbocycles. The lowest BCUT2D eigenvalue weighted by Gasteiger charge is -2.14. The first kappa shape index (κ1) is 14.7. The maximum atomic E-state index is 12.9. The van der Waals surface area contributed by atoms with E-state index in [-0.39, 0.29) is 17.9 Å². The Kier molecular flexibility index (Phi) is 4.03. The molecule has 0 bridgehead atoms. The van der Waals surface area contributed by atoms with Gasteiger partial charge in [0.2, 0.25) is 0 Å². The lowest BCUT2D eigenvalue weighted by Crippen LogP contribution is -2.09. The molecule has 6 heteroatoms. The van der Waals surface area contributed by atoms with Crippen LogP contribution in [0.2, 0.25) is 0 Å². The van der Waals surface area contributed by atoms with Gasteiger partial charge in [-0.25, -0.2) is 0 Å². The fourth-order valence-electron chi connectivity index (χ4n) is 1.72. The number of halogens is 3. The molecule has 108 valence electrons. The van der Waals surface area contributed by atoms with Crippen LogP contribution >= 0.6 is 0 Å². The molecular weight excluding hydrogens is 281 g/mol. The molecule has 0 fully saturated rings. The van der Waals surface area contributed by atoms with E-state index in [0.717, 1.165) is 12.1 Å². The second kappa shape index (κ2) is 5.75. The summed E-state index contributed by atoms with van der Waals surface area (Å²) < 4.78 is 44.0. The minimum Gasteiger partial charge on any atom is -0.488 e. The van der Waals surface area contributed by atoms with Gasteiger partial charge in [-0.05, 0) is 35.9 Å². The van der Waals surface area contributed by atoms with Gasteiger partial charge >= 0.3 is 6.18 Å². The standard InChI is InChI=1S/C15H11F3N2O/c16-15(17,18)13-7-11(8-19)3-6-14(13)21-9-10-1-4-12(20)5-2-10/h1-7H,9,20H2. The number of hydrogen-bond donors (Lipinski definition) is 1. The largest absolute Gasteiger partial charge is 0.488 e. The number of ether oxygens (including phenoxy) is 1. The van der Waals surface area contributed by atoms with Gasteiger partial charge < -0.3 is 10.5 Å². The smallest absolute Gasteiger partial charge is 0.420 e. The zero-order valence-electron chi connectivity index (χ0n) is 10.8. The van der Waals surface area contributed by atoms with Crippen molar-refractivity contribution in [3.05, 3.63) is 59.2 Å². The van der Waals surface area contributed by atoms with Crippen LogP contribution in [0.1, 0.15) is 16.7 Å². The van der Waals surface area contributed by atoms with Crippen molar-refractivity contribution in [2.24, 2.45) is 0 Å². The van der Waals surface area contributed by atoms with Crippen LogP contribution in [0.5, 0.6) is 5.75 Å². The van der Waals surface area contributed by atoms with Crippen molar-refractivity contribution in [1.29, 1.82) is 5.26 Å². The van der Waals surface area contributed by atoms with Crippen molar-refractivity contribution >= 4 is 5.69 Å². The minimum atomic E-state index is -4.58. The topological polar surface area (TPSA) is 59.0 Å². The van der Waals surface area contributed by atoms with E-state index in [0.29, 0.717) is 11.3 Å². The highest BCUT2D eigenvalue weighted by molar-refractivity contribution is 5.44. The van der Waals surface area contributed by atoms with Gasteiger partial charge in [-0.2, -0.15) is 18.4 Å². The molecule has 0 saturated carbocycles. The summed E-state index contributed by atoms with van der Waals surface area (Å²) in [6.45, 7) is -0.0186. The molecule has 2 rings (SSSR count). The lowest BCUT2D eigenvalue weighted by atomic mass is 10.1. The third kappa shape index (κ3) is 3.66. The fourth-order valence-corrected chi connectivity index (χ4v) is 1.72. The first-order valence-corrected chi connectivity index (χ1v) is 5.98. The van der Waals surface area contributed by atoms with Gasteiger partial charge in [0.05, 0.1) is 17.2 Å². The number of anilines is 1. The summed E-state index contributed by atoms with van der Waals surface area (Å²) in [5.41, 5.74) is 5.76. The molecule has 0 amide bonds. The van der Waals surface area contributed by atoms with Crippen LogP contribution in [0.4, 0.5) is 18.9 Å². The molecule has 0 aromatic heterocycles. The molecule has 0 aliphatic heterocycles. The number of nitrogens with two attached hydrogens (primary N) is 1. The number of rotatable bonds is 3. The highest BCUT2D eigenvalue weighted by Crippen LogP contribution is 2.37. The second-order valence-corrected chi connectivity index (χ2v) is 4.35. The highest BCUT2D eigenvalue weighted by atomic mass is 19.4. The summed E-state index contributed by atoms with van der Waals surface area (Å²) in [4.78, 5) is 0. The number of nitrogen functional groups attached to an aromatic ring is 1. The summed E-state index contributed by atoms with van der Waals surface area (Å²) in [6, 6.07) is 11.5. The van der Waals surface area contributed by atoms with Crippen LogP contribution in [0.3, 0.4) is 0 Å². The van der Waals surface area contributed by atoms with Crippen molar-refractivity contribution in [3.8, 4) is 11.8 Å². The lowest BCUT2D eigenvalue weighted by molar-refractivity contribution is -0.139. The summed E-state index contributed by atoms with van der Waals surface area (Å²) in [5, 5.41) is 8.68. The van der Waals surface area contributed by atoms with E-state index < -0.39 is 11.7 Å². The Morgan fingerprint density at radius 1 is 1.10 bits per heavy atom. The molecule has 3 nitrogen and oxygen atoms in total. The predicted octanol–water partition coefficient (Wildman–Crippen LogP) is 3.74. The van der Waals surface area contributed by atoms with Gasteiger partial charge in [0.15, 0.2) is 0 Å². The molecule has 2 N–H and O–H groups in total. The van der Waals surface area contributed by atoms with Crippen LogP contribution in [-0.2, 0) is 12.8 Å². The van der Waals surface area contributed by atoms with Gasteiger partial charge in [0.1, 0.15) is 12.4 Å². The number of nitrogens with zero attached hydrogens (tertiary/aromatic N) is 1. The van der Waals surface area contributed by atoms with Gasteiger partial charge in [-0.3, -0.25) is 0 Å². The number of benzene rings is 2. The minimum absolute atomic E-state index is 0.0186. The molecule has 0 heterocycles. The summed E-state index contributed by atoms with van der Waals surface area (Å²) in [5.74, 6) is -0.307. The number of nitriles is 1. The Morgan fingerprint density at radius 3 is 2.33 bits per heavy atom. The van der Waals surface area contributed by atoms with Crippen LogP contribution in [0.25, 0.3) is 0 Å². The fraction of sp³-hybridized carbons (Fsp3) is 0.133. The molecule has 2 aromatic rings. The van der Waals surface area contributed by atoms with Crippen LogP contribution in [0, 0.1) is 11.3 Å². The molecule has 0 saturated heterocycles. The average molecular weight is 292 g/mol. The van der Waals surface area contributed by atoms with Crippen molar-refractivity contribution in [2.45, 2.75) is 12.8 Å². The molecule has 0 radical (unpaired) electrons. The third-order valence-corrected chi connectivity index (χ3v) is 2.79. The van der Waals surface area contributed by atoms with Crippen molar-refractivity contribution < 1.29 is 17.9 Å². The maximum Gasteiger partial charge on any atom is 0.420 e. The highest BCUT2D eigenvalue weighted by Gasteiger charge is 2.34. The average Bonchev–Trinajstić information content (AvgIpc) is 2.45. The van der Waals surface area contributed by atoms with Gasteiger partial charge in [-0.1, -0.05) is 12.1 Å². The van der Waals surface area contributed by atoms with Gasteiger partial charge in [0.25, 0.3) is 0 Å². The maximum absolute atomic E-state index is 12.9. The molecule has 0 aliphatic rings. The first-order chi connectivity index (χ1) is 9.90. The SMILES string of the molecule is N#Cc1ccc(OCc2ccc(N)cc2)c(C(F)(F)F)c1. The van der Waals surface area contributed by atoms with Crippen LogP contribution in [-0.4, -0.2) is 0 Å². The summed E-state index contributed by atoms with van der Waals surface area (Å²) >= 11 is 0. The Morgan fingerprint density at radius 2 is 1.76 bits per heavy atom. The normalized spacial score (nSPS) is 11.0. The van der Waals surface area contributed by atoms with Crippen LogP contribution < -0.4 is 10.5 Å². The Labute approximate surface area is 119 Å². The Balaban J connectivity index is 2.23. The van der Waals surface area contributed by atoms with Gasteiger partial charge in [0, 0.05) is 5.69 Å². The van der Waals surface area contributed by atoms with Crippen LogP contribution in [0.15, 0.2) is 42.5 Å². The van der Waals surface area contributed by atoms with E-state index >= 15 is 0 Å². The zero-order valence-corrected chi connectivity index (χ0v) is 10.8. The molecular formula is C15H11F3N2O. The number of hydrogen-bond acceptors (Lipinski definition) is 3. The second-order valence-electron chi connectivity index (χ2n) is 4.35. The van der Waals surface area contributed by atoms with Crippen molar-refractivity contribution in [3.63, 3.8) is 0 Å². The Hall–Kier alpha value is -2.68. The van der Waals surface area contributed by atoms with E-state index in [1.807, 2.05) is 0 Å². The van der Waals surface area contributed by atoms with E-state index in [2.05, 4.69) is 0 Å². The molecule has 0 atom stereocenters. The van der Waals surface area contributed by atoms with E-state index in [4.69, 9.17) is 15.7 Å². The molecule has 21 heavy (non-hydrogen) atoms. The quantitative estimate of drug-likeness (QED) is 0.877. The third-order valence-electron chi connectivity index (χ3n) is 2.79. The molecule has 0 unspecified atom stereocenters. The molecule has 2 aromatic carbocycles. The number of alkyl halides is 3. The van der Waals surface area contributed by atoms with Crippen molar-refractivity contribution in [1.82, 2.24) is 0 Å². The predicted molar refractivity (Wildman–Crippen MR) is 71.3 cm³/mol. The zero-order chi connectivity index (χ0) is 15.5. The monoisotopic (exact) mass is 292 g/mol. The molecule has 0 spiro atoms. The Bertz CT molecular complexity index is 673. The van der Waals surface area contributed by atoms with Gasteiger partial charge in [-0.15, -0.1) is 0 Å². The van der Waals surface area contributed by atoms with Crippen molar-refractivity contribution in [2.75, 3.05) is 5.73 Å². The van der Waals surface area contributed by atoms with E-state index in [9.17, 15) is 13.2 Å². The van der Waals surface area contributed by atoms with E-state index in [1.165, 1.54) is 6.07 Å².